The molecule has 2 atom stereocenters. The van der Waals surface area contributed by atoms with E-state index in [2.05, 4.69) is 4.74 Å². The molecule has 0 aromatic heterocycles. The molecule has 0 N–H and O–H groups in total. The van der Waals surface area contributed by atoms with Gasteiger partial charge in [-0.3, -0.25) is 9.59 Å². The number of hydrogen-bond donors (Lipinski definition) is 0. The van der Waals surface area contributed by atoms with Crippen LogP contribution in [0.2, 0.25) is 0 Å². The normalized spacial score (nSPS) is 35.7. The minimum atomic E-state index is -0.330. The molecule has 0 aromatic carbocycles. The lowest BCUT2D eigenvalue weighted by molar-refractivity contribution is -0.172. The van der Waals surface area contributed by atoms with Gasteiger partial charge in [0.15, 0.2) is 0 Å². The summed E-state index contributed by atoms with van der Waals surface area (Å²) in [5, 5.41) is 0. The van der Waals surface area contributed by atoms with Crippen LogP contribution in [0, 0.1) is 11.8 Å². The summed E-state index contributed by atoms with van der Waals surface area (Å²) in [4.78, 5) is 22.1. The highest BCUT2D eigenvalue weighted by atomic mass is 16.6. The molecule has 1 aliphatic heterocycles. The van der Waals surface area contributed by atoms with Gasteiger partial charge in [-0.1, -0.05) is 12.8 Å². The number of hydrogen-bond acceptors (Lipinski definition) is 3. The van der Waals surface area contributed by atoms with Crippen molar-refractivity contribution in [3.63, 3.8) is 0 Å². The van der Waals surface area contributed by atoms with Crippen LogP contribution in [0.15, 0.2) is 0 Å². The van der Waals surface area contributed by atoms with Gasteiger partial charge in [-0.15, -0.1) is 0 Å². The van der Waals surface area contributed by atoms with E-state index in [1.807, 2.05) is 0 Å². The SMILES string of the molecule is O=C1C[C@H]2CCCC[C@@H]2C(=O)O1. The lowest BCUT2D eigenvalue weighted by Crippen LogP contribution is -2.37. The molecule has 1 saturated heterocycles. The summed E-state index contributed by atoms with van der Waals surface area (Å²) in [6.07, 6.45) is 4.64. The van der Waals surface area contributed by atoms with Gasteiger partial charge in [0.05, 0.1) is 5.92 Å². The highest BCUT2D eigenvalue weighted by Crippen LogP contribution is 2.36. The second-order valence-corrected chi connectivity index (χ2v) is 3.65. The van der Waals surface area contributed by atoms with Crippen LogP contribution in [0.1, 0.15) is 32.1 Å². The first-order valence-corrected chi connectivity index (χ1v) is 4.52. The van der Waals surface area contributed by atoms with Crippen molar-refractivity contribution in [2.45, 2.75) is 32.1 Å². The lowest BCUT2D eigenvalue weighted by atomic mass is 9.76. The predicted octanol–water partition coefficient (Wildman–Crippen LogP) is 1.27. The van der Waals surface area contributed by atoms with Gasteiger partial charge in [-0.2, -0.15) is 0 Å². The smallest absolute Gasteiger partial charge is 0.316 e. The quantitative estimate of drug-likeness (QED) is 0.404. The summed E-state index contributed by atoms with van der Waals surface area (Å²) < 4.78 is 4.58. The third-order valence-electron chi connectivity index (χ3n) is 2.86. The molecular formula is C9H12O3. The Balaban J connectivity index is 2.11. The van der Waals surface area contributed by atoms with Crippen molar-refractivity contribution in [3.8, 4) is 0 Å². The Labute approximate surface area is 71.1 Å². The maximum absolute atomic E-state index is 11.2. The first-order chi connectivity index (χ1) is 5.77. The predicted molar refractivity (Wildman–Crippen MR) is 41.2 cm³/mol. The van der Waals surface area contributed by atoms with Crippen molar-refractivity contribution >= 4 is 11.9 Å². The lowest BCUT2D eigenvalue weighted by Gasteiger charge is -2.32. The first-order valence-electron chi connectivity index (χ1n) is 4.52. The van der Waals surface area contributed by atoms with Crippen molar-refractivity contribution in [2.75, 3.05) is 0 Å². The summed E-state index contributed by atoms with van der Waals surface area (Å²) >= 11 is 0. The Hall–Kier alpha value is -0.860. The molecule has 0 unspecified atom stereocenters. The van der Waals surface area contributed by atoms with Gasteiger partial charge in [0.25, 0.3) is 0 Å². The molecule has 0 amide bonds. The molecule has 0 radical (unpaired) electrons. The summed E-state index contributed by atoms with van der Waals surface area (Å²) in [6, 6.07) is 0. The standard InChI is InChI=1S/C9H12O3/c10-8-5-6-3-1-2-4-7(6)9(11)12-8/h6-7H,1-5H2/t6-,7+/m1/s1. The van der Waals surface area contributed by atoms with Crippen LogP contribution < -0.4 is 0 Å². The first kappa shape index (κ1) is 7.77. The molecule has 1 aliphatic carbocycles. The van der Waals surface area contributed by atoms with Crippen LogP contribution in [0.3, 0.4) is 0 Å². The Morgan fingerprint density at radius 3 is 2.75 bits per heavy atom. The van der Waals surface area contributed by atoms with Crippen LogP contribution >= 0.6 is 0 Å². The van der Waals surface area contributed by atoms with Crippen molar-refractivity contribution in [3.05, 3.63) is 0 Å². The maximum atomic E-state index is 11.2. The molecule has 2 rings (SSSR count). The van der Waals surface area contributed by atoms with Crippen LogP contribution in [-0.2, 0) is 14.3 Å². The number of ether oxygens (including phenoxy) is 1. The molecule has 2 fully saturated rings. The summed E-state index contributed by atoms with van der Waals surface area (Å²) in [5.74, 6) is -0.303. The molecule has 66 valence electrons. The molecule has 1 heterocycles. The average molecular weight is 168 g/mol. The van der Waals surface area contributed by atoms with Gasteiger partial charge >= 0.3 is 11.9 Å². The fourth-order valence-corrected chi connectivity index (χ4v) is 2.21. The van der Waals surface area contributed by atoms with Gasteiger partial charge in [-0.05, 0) is 18.8 Å². The van der Waals surface area contributed by atoms with Gasteiger partial charge < -0.3 is 4.74 Å². The van der Waals surface area contributed by atoms with E-state index in [9.17, 15) is 9.59 Å². The topological polar surface area (TPSA) is 43.4 Å². The van der Waals surface area contributed by atoms with Crippen LogP contribution in [0.25, 0.3) is 0 Å². The van der Waals surface area contributed by atoms with Crippen molar-refractivity contribution in [2.24, 2.45) is 11.8 Å². The van der Waals surface area contributed by atoms with E-state index in [-0.39, 0.29) is 23.8 Å². The minimum Gasteiger partial charge on any atom is -0.393 e. The zero-order chi connectivity index (χ0) is 8.55. The number of rotatable bonds is 0. The monoisotopic (exact) mass is 168 g/mol. The number of carbonyl (C=O) groups excluding carboxylic acids is 2. The maximum Gasteiger partial charge on any atom is 0.316 e. The van der Waals surface area contributed by atoms with E-state index < -0.39 is 0 Å². The van der Waals surface area contributed by atoms with E-state index >= 15 is 0 Å². The second-order valence-electron chi connectivity index (χ2n) is 3.65. The van der Waals surface area contributed by atoms with E-state index in [1.165, 1.54) is 0 Å². The average Bonchev–Trinajstić information content (AvgIpc) is 2.04. The largest absolute Gasteiger partial charge is 0.393 e. The summed E-state index contributed by atoms with van der Waals surface area (Å²) in [6.45, 7) is 0. The van der Waals surface area contributed by atoms with E-state index in [1.54, 1.807) is 0 Å². The fourth-order valence-electron chi connectivity index (χ4n) is 2.21. The highest BCUT2D eigenvalue weighted by molar-refractivity contribution is 5.90. The van der Waals surface area contributed by atoms with Crippen molar-refractivity contribution in [1.29, 1.82) is 0 Å². The molecular weight excluding hydrogens is 156 g/mol. The van der Waals surface area contributed by atoms with E-state index in [0.717, 1.165) is 25.7 Å². The number of cyclic esters (lactones) is 2. The molecule has 0 spiro atoms. The van der Waals surface area contributed by atoms with Crippen LogP contribution in [-0.4, -0.2) is 11.9 Å². The zero-order valence-electron chi connectivity index (χ0n) is 6.91. The zero-order valence-corrected chi connectivity index (χ0v) is 6.91. The molecule has 3 nitrogen and oxygen atoms in total. The Bertz CT molecular complexity index is 222. The number of fused-ring (bicyclic) bond motifs is 1. The van der Waals surface area contributed by atoms with Gasteiger partial charge in [-0.25, -0.2) is 0 Å². The number of esters is 2. The Morgan fingerprint density at radius 2 is 1.92 bits per heavy atom. The fraction of sp³-hybridized carbons (Fsp3) is 0.778. The molecule has 2 aliphatic rings. The third-order valence-corrected chi connectivity index (χ3v) is 2.86. The van der Waals surface area contributed by atoms with Gasteiger partial charge in [0, 0.05) is 6.42 Å². The Morgan fingerprint density at radius 1 is 1.17 bits per heavy atom. The third kappa shape index (κ3) is 1.24. The molecule has 3 heteroatoms. The molecule has 0 bridgehead atoms. The van der Waals surface area contributed by atoms with Crippen LogP contribution in [0.4, 0.5) is 0 Å². The van der Waals surface area contributed by atoms with Crippen molar-refractivity contribution in [1.82, 2.24) is 0 Å². The van der Waals surface area contributed by atoms with E-state index in [4.69, 9.17) is 0 Å². The minimum absolute atomic E-state index is 0.0245. The highest BCUT2D eigenvalue weighted by Gasteiger charge is 2.38. The summed E-state index contributed by atoms with van der Waals surface area (Å²) in [7, 11) is 0. The molecule has 1 saturated carbocycles. The van der Waals surface area contributed by atoms with Crippen molar-refractivity contribution < 1.29 is 14.3 Å². The second kappa shape index (κ2) is 2.88. The van der Waals surface area contributed by atoms with E-state index in [0.29, 0.717) is 6.42 Å². The summed E-state index contributed by atoms with van der Waals surface area (Å²) in [5.41, 5.74) is 0. The Kier molecular flexibility index (Phi) is 1.87. The van der Waals surface area contributed by atoms with Gasteiger partial charge in [0.1, 0.15) is 0 Å². The molecule has 0 aromatic rings. The van der Waals surface area contributed by atoms with Crippen LogP contribution in [0.5, 0.6) is 0 Å². The molecule has 12 heavy (non-hydrogen) atoms. The van der Waals surface area contributed by atoms with Gasteiger partial charge in [0.2, 0.25) is 0 Å². The number of carbonyl (C=O) groups is 2.